The maximum Gasteiger partial charge on any atom is 0.480 e. The van der Waals surface area contributed by atoms with Crippen LogP contribution >= 0.6 is 0 Å². The first-order valence-corrected chi connectivity index (χ1v) is 11.0. The number of halogens is 6. The normalized spacial score (nSPS) is 13.8. The molecule has 0 radical (unpaired) electrons. The van der Waals surface area contributed by atoms with Crippen molar-refractivity contribution in [3.8, 4) is 0 Å². The lowest BCUT2D eigenvalue weighted by molar-refractivity contribution is -0.925. The van der Waals surface area contributed by atoms with Crippen LogP contribution in [-0.4, -0.2) is 72.2 Å². The Morgan fingerprint density at radius 3 is 1.46 bits per heavy atom. The summed E-state index contributed by atoms with van der Waals surface area (Å²) in [7, 11) is -11.7. The van der Waals surface area contributed by atoms with E-state index in [0.717, 1.165) is 10.7 Å². The third-order valence-corrected chi connectivity index (χ3v) is 6.62. The van der Waals surface area contributed by atoms with Gasteiger partial charge in [0.15, 0.2) is 20.0 Å². The molecule has 15 heteroatoms. The minimum Gasteiger partial charge on any atom is -0.421 e. The Morgan fingerprint density at radius 1 is 0.821 bits per heavy atom. The molecule has 0 amide bonds. The topological polar surface area (TPSA) is 91.6 Å². The second kappa shape index (κ2) is 11.5. The summed E-state index contributed by atoms with van der Waals surface area (Å²) in [5.41, 5.74) is -12.4. The molecule has 0 aromatic carbocycles. The van der Waals surface area contributed by atoms with E-state index in [2.05, 4.69) is 20.8 Å². The average Bonchev–Trinajstić information content (AvgIpc) is 2.53. The molecule has 0 saturated heterocycles. The van der Waals surface area contributed by atoms with Gasteiger partial charge in [-0.1, -0.05) is 13.3 Å². The zero-order chi connectivity index (χ0) is 22.9. The van der Waals surface area contributed by atoms with Gasteiger partial charge in [0.25, 0.3) is 0 Å². The molecular weight excluding hydrogens is 442 g/mol. The lowest BCUT2D eigenvalue weighted by Crippen LogP contribution is -2.50. The standard InChI is InChI=1S/C11H26NO.C2F6NO4S2/c1-5-8-9-12(6-2,7-3)10-11-13-4;3-1(4,5)14(10,11)9-15(12,13)2(6,7)8/h5-11H2,1-4H3;/q+1;-1. The third kappa shape index (κ3) is 9.71. The minimum absolute atomic E-state index is 0.778. The number of methoxy groups -OCH3 is 1. The largest absolute Gasteiger partial charge is 0.480 e. The molecule has 0 bridgehead atoms. The number of likely N-dealkylation sites (N-methyl/N-ethyl adjacent to an activating group) is 1. The van der Waals surface area contributed by atoms with E-state index >= 15 is 0 Å². The van der Waals surface area contributed by atoms with Gasteiger partial charge in [-0.15, -0.1) is 0 Å². The Kier molecular flexibility index (Phi) is 12.2. The van der Waals surface area contributed by atoms with Crippen LogP contribution in [0.5, 0.6) is 0 Å². The summed E-state index contributed by atoms with van der Waals surface area (Å²) in [5.74, 6) is 0. The smallest absolute Gasteiger partial charge is 0.421 e. The van der Waals surface area contributed by atoms with Crippen LogP contribution in [0.15, 0.2) is 0 Å². The summed E-state index contributed by atoms with van der Waals surface area (Å²) >= 11 is 0. The zero-order valence-electron chi connectivity index (χ0n) is 16.0. The van der Waals surface area contributed by atoms with E-state index < -0.39 is 31.1 Å². The predicted octanol–water partition coefficient (Wildman–Crippen LogP) is 3.35. The van der Waals surface area contributed by atoms with Crippen molar-refractivity contribution in [3.63, 3.8) is 0 Å². The van der Waals surface area contributed by atoms with Gasteiger partial charge in [0.2, 0.25) is 0 Å². The molecule has 0 rings (SSSR count). The molecule has 0 aliphatic heterocycles. The Morgan fingerprint density at radius 2 is 1.21 bits per heavy atom. The highest BCUT2D eigenvalue weighted by Gasteiger charge is 2.46. The van der Waals surface area contributed by atoms with E-state index in [9.17, 15) is 43.2 Å². The van der Waals surface area contributed by atoms with Crippen LogP contribution in [0.2, 0.25) is 0 Å². The molecule has 0 unspecified atom stereocenters. The SMILES string of the molecule is CCCC[N+](CC)(CC)CCOC.O=S(=O)([N-]S(=O)(=O)C(F)(F)F)C(F)(F)F. The van der Waals surface area contributed by atoms with E-state index in [0.29, 0.717) is 0 Å². The van der Waals surface area contributed by atoms with Gasteiger partial charge < -0.3 is 13.3 Å². The monoisotopic (exact) mass is 468 g/mol. The van der Waals surface area contributed by atoms with Gasteiger partial charge in [0.1, 0.15) is 6.54 Å². The van der Waals surface area contributed by atoms with E-state index in [1.165, 1.54) is 43.5 Å². The van der Waals surface area contributed by atoms with Gasteiger partial charge in [0.05, 0.1) is 26.2 Å². The summed E-state index contributed by atoms with van der Waals surface area (Å²) in [5, 5.41) is 0. The zero-order valence-corrected chi connectivity index (χ0v) is 17.6. The maximum absolute atomic E-state index is 11.4. The van der Waals surface area contributed by atoms with Crippen molar-refractivity contribution in [2.24, 2.45) is 0 Å². The van der Waals surface area contributed by atoms with Crippen molar-refractivity contribution in [2.75, 3.05) is 39.9 Å². The summed E-state index contributed by atoms with van der Waals surface area (Å²) in [6.07, 6.45) is 2.64. The quantitative estimate of drug-likeness (QED) is 0.362. The Balaban J connectivity index is 0. The van der Waals surface area contributed by atoms with Crippen LogP contribution in [0.3, 0.4) is 0 Å². The van der Waals surface area contributed by atoms with Crippen molar-refractivity contribution in [3.05, 3.63) is 4.13 Å². The highest BCUT2D eigenvalue weighted by Crippen LogP contribution is 2.36. The molecule has 28 heavy (non-hydrogen) atoms. The van der Waals surface area contributed by atoms with Crippen LogP contribution in [0, 0.1) is 0 Å². The maximum atomic E-state index is 11.4. The molecule has 0 heterocycles. The number of sulfonamides is 2. The Hall–Kier alpha value is -0.640. The molecule has 0 atom stereocenters. The highest BCUT2D eigenvalue weighted by molar-refractivity contribution is 8.13. The van der Waals surface area contributed by atoms with E-state index in [1.807, 2.05) is 0 Å². The van der Waals surface area contributed by atoms with Crippen molar-refractivity contribution in [1.29, 1.82) is 0 Å². The molecule has 7 nitrogen and oxygen atoms in total. The number of nitrogens with zero attached hydrogens (tertiary/aromatic N) is 2. The van der Waals surface area contributed by atoms with E-state index in [-0.39, 0.29) is 0 Å². The first-order valence-electron chi connectivity index (χ1n) is 8.16. The molecule has 0 aliphatic rings. The molecule has 0 saturated carbocycles. The van der Waals surface area contributed by atoms with Crippen LogP contribution in [0.4, 0.5) is 26.3 Å². The van der Waals surface area contributed by atoms with Crippen molar-refractivity contribution in [1.82, 2.24) is 0 Å². The number of rotatable bonds is 10. The van der Waals surface area contributed by atoms with Gasteiger partial charge in [-0.2, -0.15) is 26.3 Å². The van der Waals surface area contributed by atoms with Crippen LogP contribution in [0.1, 0.15) is 33.6 Å². The summed E-state index contributed by atoms with van der Waals surface area (Å²) in [6, 6.07) is 0. The van der Waals surface area contributed by atoms with Crippen molar-refractivity contribution >= 4 is 20.0 Å². The van der Waals surface area contributed by atoms with Gasteiger partial charge in [-0.05, 0) is 20.3 Å². The Labute approximate surface area is 161 Å². The molecule has 0 aromatic rings. The summed E-state index contributed by atoms with van der Waals surface area (Å²) < 4.78 is 116. The lowest BCUT2D eigenvalue weighted by atomic mass is 10.2. The molecular formula is C13H26F6N2O5S2. The molecule has 0 aromatic heterocycles. The van der Waals surface area contributed by atoms with E-state index in [1.54, 1.807) is 7.11 Å². The fraction of sp³-hybridized carbons (Fsp3) is 1.00. The van der Waals surface area contributed by atoms with Crippen molar-refractivity contribution in [2.45, 2.75) is 44.6 Å². The molecule has 0 aliphatic carbocycles. The summed E-state index contributed by atoms with van der Waals surface area (Å²) in [6.45, 7) is 12.7. The molecule has 172 valence electrons. The van der Waals surface area contributed by atoms with Gasteiger partial charge >= 0.3 is 11.0 Å². The number of hydrogen-bond acceptors (Lipinski definition) is 5. The van der Waals surface area contributed by atoms with Gasteiger partial charge in [0, 0.05) is 7.11 Å². The molecule has 0 N–H and O–H groups in total. The molecule has 0 fully saturated rings. The fourth-order valence-corrected chi connectivity index (χ4v) is 3.67. The third-order valence-electron chi connectivity index (χ3n) is 3.88. The number of quaternary nitrogens is 1. The first-order chi connectivity index (χ1) is 12.4. The highest BCUT2D eigenvalue weighted by atomic mass is 32.3. The summed E-state index contributed by atoms with van der Waals surface area (Å²) in [4.78, 5) is 0. The van der Waals surface area contributed by atoms with Gasteiger partial charge in [-0.25, -0.2) is 16.8 Å². The number of ether oxygens (including phenoxy) is 1. The fourth-order valence-electron chi connectivity index (χ4n) is 1.96. The van der Waals surface area contributed by atoms with E-state index in [4.69, 9.17) is 4.74 Å². The van der Waals surface area contributed by atoms with Crippen LogP contribution in [-0.2, 0) is 24.8 Å². The lowest BCUT2D eigenvalue weighted by Gasteiger charge is -2.36. The number of hydrogen-bond donors (Lipinski definition) is 0. The van der Waals surface area contributed by atoms with Crippen LogP contribution < -0.4 is 0 Å². The Bertz CT molecular complexity index is 591. The minimum atomic E-state index is -6.72. The van der Waals surface area contributed by atoms with Crippen molar-refractivity contribution < 1.29 is 52.4 Å². The second-order valence-corrected chi connectivity index (χ2v) is 9.11. The predicted molar refractivity (Wildman–Crippen MR) is 91.2 cm³/mol. The second-order valence-electron chi connectivity index (χ2n) is 5.68. The van der Waals surface area contributed by atoms with Crippen LogP contribution in [0.25, 0.3) is 4.13 Å². The average molecular weight is 468 g/mol. The van der Waals surface area contributed by atoms with Gasteiger partial charge in [-0.3, -0.25) is 0 Å². The molecule has 0 spiro atoms. The number of unbranched alkanes of at least 4 members (excludes halogenated alkanes) is 1. The number of alkyl halides is 6. The first kappa shape index (κ1) is 29.6.